The minimum atomic E-state index is -0.508. The van der Waals surface area contributed by atoms with Gasteiger partial charge in [0.2, 0.25) is 0 Å². The minimum absolute atomic E-state index is 0.0440. The molecule has 1 amide bonds. The second kappa shape index (κ2) is 11.1. The summed E-state index contributed by atoms with van der Waals surface area (Å²) in [5, 5.41) is 5.93. The molecule has 4 rings (SSSR count). The maximum atomic E-state index is 14.8. The molecule has 1 saturated carbocycles. The van der Waals surface area contributed by atoms with Gasteiger partial charge in [0, 0.05) is 37.0 Å². The van der Waals surface area contributed by atoms with Gasteiger partial charge in [-0.2, -0.15) is 0 Å². The van der Waals surface area contributed by atoms with Gasteiger partial charge >= 0.3 is 0 Å². The first-order chi connectivity index (χ1) is 17.7. The number of pyridine rings is 1. The highest BCUT2D eigenvalue weighted by Crippen LogP contribution is 2.39. The topological polar surface area (TPSA) is 106 Å². The van der Waals surface area contributed by atoms with Crippen LogP contribution in [0.15, 0.2) is 41.2 Å². The Labute approximate surface area is 219 Å². The van der Waals surface area contributed by atoms with Gasteiger partial charge in [0.1, 0.15) is 17.2 Å². The molecule has 196 valence electrons. The van der Waals surface area contributed by atoms with Gasteiger partial charge in [-0.3, -0.25) is 14.2 Å². The summed E-state index contributed by atoms with van der Waals surface area (Å²) in [5.74, 6) is -0.0450. The Kier molecular flexibility index (Phi) is 7.94. The number of ether oxygens (including phenoxy) is 2. The Morgan fingerprint density at radius 2 is 1.89 bits per heavy atom. The molecular weight excluding hydrogens is 497 g/mol. The van der Waals surface area contributed by atoms with E-state index in [1.807, 2.05) is 0 Å². The van der Waals surface area contributed by atoms with Crippen molar-refractivity contribution in [3.8, 4) is 17.2 Å². The molecule has 1 heterocycles. The number of hydrogen-bond donors (Lipinski definition) is 4. The van der Waals surface area contributed by atoms with Crippen LogP contribution >= 0.6 is 12.1 Å². The Morgan fingerprint density at radius 1 is 1.14 bits per heavy atom. The fourth-order valence-electron chi connectivity index (χ4n) is 3.77. The molecule has 1 aromatic heterocycles. The summed E-state index contributed by atoms with van der Waals surface area (Å²) < 4.78 is 33.8. The van der Waals surface area contributed by atoms with Crippen LogP contribution in [-0.2, 0) is 7.05 Å². The van der Waals surface area contributed by atoms with Crippen LogP contribution in [0.4, 0.5) is 21.6 Å². The number of nitrogens with one attached hydrogen (secondary N) is 4. The summed E-state index contributed by atoms with van der Waals surface area (Å²) in [7, 11) is 4.81. The summed E-state index contributed by atoms with van der Waals surface area (Å²) in [4.78, 5) is 26.8. The van der Waals surface area contributed by atoms with Crippen molar-refractivity contribution in [1.82, 2.24) is 14.6 Å². The van der Waals surface area contributed by atoms with Crippen LogP contribution in [0, 0.1) is 19.7 Å². The number of benzene rings is 2. The van der Waals surface area contributed by atoms with Crippen molar-refractivity contribution in [2.24, 2.45) is 7.05 Å². The summed E-state index contributed by atoms with van der Waals surface area (Å²) in [6.45, 7) is 3.37. The third-order valence-electron chi connectivity index (χ3n) is 5.93. The average Bonchev–Trinajstić information content (AvgIpc) is 3.69. The van der Waals surface area contributed by atoms with Gasteiger partial charge in [0.05, 0.1) is 18.4 Å². The van der Waals surface area contributed by atoms with E-state index in [0.717, 1.165) is 18.4 Å². The van der Waals surface area contributed by atoms with Crippen LogP contribution in [0.25, 0.3) is 0 Å². The zero-order valence-electron chi connectivity index (χ0n) is 21.3. The molecule has 0 spiro atoms. The number of aryl methyl sites for hydroxylation is 1. The number of rotatable bonds is 10. The van der Waals surface area contributed by atoms with Crippen LogP contribution in [0.5, 0.6) is 17.2 Å². The standard InChI is InChI=1S/C26H30FN5O4S/c1-14-6-10-19(18(27)12-14)30-24-22(25(33)29-16-7-8-16)23(15(2)26(34)32(24)4)36-21-13-17(31-37-28-3)9-11-20(21)35-5/h6,9-13,16,28,30-31H,7-8H2,1-5H3,(H,29,33). The van der Waals surface area contributed by atoms with Crippen molar-refractivity contribution in [2.45, 2.75) is 32.7 Å². The first-order valence-corrected chi connectivity index (χ1v) is 12.6. The Hall–Kier alpha value is -3.70. The third-order valence-corrected chi connectivity index (χ3v) is 6.47. The number of aromatic nitrogens is 1. The van der Waals surface area contributed by atoms with Crippen molar-refractivity contribution in [1.29, 1.82) is 0 Å². The van der Waals surface area contributed by atoms with Crippen LogP contribution in [0.2, 0.25) is 0 Å². The number of amides is 1. The molecule has 0 bridgehead atoms. The van der Waals surface area contributed by atoms with E-state index in [2.05, 4.69) is 20.1 Å². The van der Waals surface area contributed by atoms with Gasteiger partial charge in [-0.25, -0.2) is 9.11 Å². The molecule has 1 aliphatic carbocycles. The fourth-order valence-corrected chi connectivity index (χ4v) is 4.12. The highest BCUT2D eigenvalue weighted by molar-refractivity contribution is 7.98. The Morgan fingerprint density at radius 3 is 2.54 bits per heavy atom. The molecule has 11 heteroatoms. The summed E-state index contributed by atoms with van der Waals surface area (Å²) in [6.07, 6.45) is 1.74. The Balaban J connectivity index is 1.87. The number of methoxy groups -OCH3 is 1. The molecule has 0 aliphatic heterocycles. The van der Waals surface area contributed by atoms with Gasteiger partial charge in [0.25, 0.3) is 11.5 Å². The lowest BCUT2D eigenvalue weighted by molar-refractivity contribution is 0.0948. The molecule has 3 aromatic rings. The number of anilines is 3. The number of nitrogens with zero attached hydrogens (tertiary/aromatic N) is 1. The Bertz CT molecular complexity index is 1390. The third kappa shape index (κ3) is 5.83. The normalized spacial score (nSPS) is 12.7. The lowest BCUT2D eigenvalue weighted by Gasteiger charge is -2.22. The van der Waals surface area contributed by atoms with Crippen LogP contribution in [0.3, 0.4) is 0 Å². The number of halogens is 1. The maximum Gasteiger partial charge on any atom is 0.259 e. The number of carbonyl (C=O) groups is 1. The van der Waals surface area contributed by atoms with Crippen LogP contribution in [-0.4, -0.2) is 30.7 Å². The monoisotopic (exact) mass is 527 g/mol. The SMILES string of the molecule is CNSNc1ccc(OC)c(Oc2c(C(=O)NC3CC3)c(Nc3ccc(C)cc3F)n(C)c(=O)c2C)c1. The van der Waals surface area contributed by atoms with Crippen molar-refractivity contribution < 1.29 is 18.7 Å². The fraction of sp³-hybridized carbons (Fsp3) is 0.308. The van der Waals surface area contributed by atoms with E-state index in [1.165, 1.54) is 36.9 Å². The molecule has 0 radical (unpaired) electrons. The largest absolute Gasteiger partial charge is 0.493 e. The van der Waals surface area contributed by atoms with E-state index < -0.39 is 17.3 Å². The summed E-state index contributed by atoms with van der Waals surface area (Å²) in [6, 6.07) is 9.96. The van der Waals surface area contributed by atoms with Crippen molar-refractivity contribution in [3.05, 3.63) is 69.3 Å². The van der Waals surface area contributed by atoms with Crippen LogP contribution < -0.4 is 35.1 Å². The van der Waals surface area contributed by atoms with Gasteiger partial charge < -0.3 is 24.8 Å². The zero-order chi connectivity index (χ0) is 26.7. The zero-order valence-corrected chi connectivity index (χ0v) is 22.1. The quantitative estimate of drug-likeness (QED) is 0.280. The summed E-state index contributed by atoms with van der Waals surface area (Å²) >= 11 is 1.27. The van der Waals surface area contributed by atoms with E-state index in [0.29, 0.717) is 17.2 Å². The van der Waals surface area contributed by atoms with E-state index in [-0.39, 0.29) is 34.4 Å². The molecule has 37 heavy (non-hydrogen) atoms. The van der Waals surface area contributed by atoms with Gasteiger partial charge in [-0.15, -0.1) is 0 Å². The molecule has 4 N–H and O–H groups in total. The first kappa shape index (κ1) is 26.4. The van der Waals surface area contributed by atoms with E-state index in [9.17, 15) is 14.0 Å². The van der Waals surface area contributed by atoms with E-state index in [4.69, 9.17) is 9.47 Å². The molecule has 0 saturated heterocycles. The lowest BCUT2D eigenvalue weighted by Crippen LogP contribution is -2.31. The molecule has 0 atom stereocenters. The van der Waals surface area contributed by atoms with E-state index >= 15 is 0 Å². The van der Waals surface area contributed by atoms with Crippen LogP contribution in [0.1, 0.15) is 34.3 Å². The van der Waals surface area contributed by atoms with Gasteiger partial charge in [-0.05, 0) is 63.6 Å². The second-order valence-corrected chi connectivity index (χ2v) is 9.59. The molecular formula is C26H30FN5O4S. The smallest absolute Gasteiger partial charge is 0.259 e. The lowest BCUT2D eigenvalue weighted by atomic mass is 10.1. The predicted octanol–water partition coefficient (Wildman–Crippen LogP) is 4.77. The molecule has 1 aliphatic rings. The molecule has 0 unspecified atom stereocenters. The van der Waals surface area contributed by atoms with E-state index in [1.54, 1.807) is 51.2 Å². The molecule has 1 fully saturated rings. The van der Waals surface area contributed by atoms with Gasteiger partial charge in [0.15, 0.2) is 17.2 Å². The predicted molar refractivity (Wildman–Crippen MR) is 145 cm³/mol. The minimum Gasteiger partial charge on any atom is -0.493 e. The molecule has 9 nitrogen and oxygen atoms in total. The van der Waals surface area contributed by atoms with Crippen molar-refractivity contribution >= 4 is 35.2 Å². The maximum absolute atomic E-state index is 14.8. The second-order valence-electron chi connectivity index (χ2n) is 8.77. The highest BCUT2D eigenvalue weighted by Gasteiger charge is 2.31. The van der Waals surface area contributed by atoms with Crippen molar-refractivity contribution in [2.75, 3.05) is 24.2 Å². The van der Waals surface area contributed by atoms with Gasteiger partial charge in [-0.1, -0.05) is 6.07 Å². The molecule has 2 aromatic carbocycles. The average molecular weight is 528 g/mol. The first-order valence-electron chi connectivity index (χ1n) is 11.8. The number of hydrogen-bond acceptors (Lipinski definition) is 8. The highest BCUT2D eigenvalue weighted by atomic mass is 32.2. The number of carbonyl (C=O) groups excluding carboxylic acids is 1. The van der Waals surface area contributed by atoms with Crippen molar-refractivity contribution in [3.63, 3.8) is 0 Å². The summed E-state index contributed by atoms with van der Waals surface area (Å²) in [5.41, 5.74) is 1.50.